The third-order valence-corrected chi connectivity index (χ3v) is 4.13. The van der Waals surface area contributed by atoms with Crippen molar-refractivity contribution in [2.75, 3.05) is 11.9 Å². The first-order valence-electron chi connectivity index (χ1n) is 8.59. The third kappa shape index (κ3) is 6.25. The van der Waals surface area contributed by atoms with Gasteiger partial charge in [0.05, 0.1) is 11.2 Å². The van der Waals surface area contributed by atoms with Crippen LogP contribution in [0, 0.1) is 0 Å². The van der Waals surface area contributed by atoms with Crippen molar-refractivity contribution in [1.29, 1.82) is 0 Å². The van der Waals surface area contributed by atoms with E-state index in [0.717, 1.165) is 0 Å². The molecule has 3 rings (SSSR count). The van der Waals surface area contributed by atoms with Gasteiger partial charge in [0.25, 0.3) is 0 Å². The predicted octanol–water partition coefficient (Wildman–Crippen LogP) is 5.51. The Hall–Kier alpha value is -3.00. The molecule has 0 fully saturated rings. The van der Waals surface area contributed by atoms with Crippen molar-refractivity contribution in [1.82, 2.24) is 4.98 Å². The average molecular weight is 425 g/mol. The SMILES string of the molecule is O=C(CCc1ncc(-c2ccccc2Cl)o1)Nc1ccc(OCC(F)(F)F)cc1. The molecule has 0 aliphatic rings. The first-order chi connectivity index (χ1) is 13.8. The maximum Gasteiger partial charge on any atom is 0.422 e. The second-order valence-corrected chi connectivity index (χ2v) is 6.48. The molecule has 1 N–H and O–H groups in total. The number of nitrogens with zero attached hydrogens (tertiary/aromatic N) is 1. The van der Waals surface area contributed by atoms with Crippen LogP contribution in [0.3, 0.4) is 0 Å². The van der Waals surface area contributed by atoms with Crippen molar-refractivity contribution in [3.63, 3.8) is 0 Å². The molecule has 5 nitrogen and oxygen atoms in total. The Morgan fingerprint density at radius 3 is 2.55 bits per heavy atom. The second kappa shape index (κ2) is 9.00. The van der Waals surface area contributed by atoms with Gasteiger partial charge in [-0.3, -0.25) is 4.79 Å². The van der Waals surface area contributed by atoms with Crippen LogP contribution >= 0.6 is 11.6 Å². The first-order valence-corrected chi connectivity index (χ1v) is 8.97. The van der Waals surface area contributed by atoms with E-state index in [-0.39, 0.29) is 24.5 Å². The molecule has 0 bridgehead atoms. The van der Waals surface area contributed by atoms with E-state index in [1.165, 1.54) is 24.3 Å². The van der Waals surface area contributed by atoms with Gasteiger partial charge in [0.1, 0.15) is 5.75 Å². The molecule has 1 heterocycles. The van der Waals surface area contributed by atoms with E-state index >= 15 is 0 Å². The molecule has 29 heavy (non-hydrogen) atoms. The summed E-state index contributed by atoms with van der Waals surface area (Å²) in [6, 6.07) is 12.8. The lowest BCUT2D eigenvalue weighted by Crippen LogP contribution is -2.19. The lowest BCUT2D eigenvalue weighted by molar-refractivity contribution is -0.153. The van der Waals surface area contributed by atoms with Crippen LogP contribution in [0.25, 0.3) is 11.3 Å². The fourth-order valence-electron chi connectivity index (χ4n) is 2.46. The van der Waals surface area contributed by atoms with Crippen LogP contribution < -0.4 is 10.1 Å². The minimum atomic E-state index is -4.40. The first kappa shape index (κ1) is 20.7. The number of nitrogens with one attached hydrogen (secondary N) is 1. The Morgan fingerprint density at radius 2 is 1.86 bits per heavy atom. The molecule has 0 atom stereocenters. The number of rotatable bonds is 7. The molecule has 0 aliphatic carbocycles. The van der Waals surface area contributed by atoms with Crippen LogP contribution in [0.5, 0.6) is 5.75 Å². The number of amides is 1. The van der Waals surface area contributed by atoms with E-state index in [0.29, 0.717) is 27.9 Å². The fraction of sp³-hybridized carbons (Fsp3) is 0.200. The molecule has 0 saturated carbocycles. The van der Waals surface area contributed by atoms with Crippen molar-refractivity contribution in [3.05, 3.63) is 65.6 Å². The van der Waals surface area contributed by atoms with Gasteiger partial charge in [-0.05, 0) is 36.4 Å². The van der Waals surface area contributed by atoms with Crippen molar-refractivity contribution in [2.24, 2.45) is 0 Å². The van der Waals surface area contributed by atoms with E-state index in [1.807, 2.05) is 12.1 Å². The Balaban J connectivity index is 1.50. The van der Waals surface area contributed by atoms with Crippen LogP contribution in [-0.4, -0.2) is 23.7 Å². The quantitative estimate of drug-likeness (QED) is 0.543. The normalized spacial score (nSPS) is 11.3. The third-order valence-electron chi connectivity index (χ3n) is 3.80. The molecule has 1 aromatic heterocycles. The number of ether oxygens (including phenoxy) is 1. The predicted molar refractivity (Wildman–Crippen MR) is 102 cm³/mol. The molecule has 3 aromatic rings. The standard InChI is InChI=1S/C20H16ClF3N2O3/c21-16-4-2-1-3-15(16)17-11-25-19(29-17)10-9-18(27)26-13-5-7-14(8-6-13)28-12-20(22,23)24/h1-8,11H,9-10,12H2,(H,26,27). The molecule has 9 heteroatoms. The van der Waals surface area contributed by atoms with Crippen LogP contribution in [0.4, 0.5) is 18.9 Å². The summed E-state index contributed by atoms with van der Waals surface area (Å²) in [5.74, 6) is 0.685. The highest BCUT2D eigenvalue weighted by atomic mass is 35.5. The van der Waals surface area contributed by atoms with Crippen LogP contribution in [0.2, 0.25) is 5.02 Å². The number of hydrogen-bond donors (Lipinski definition) is 1. The largest absolute Gasteiger partial charge is 0.484 e. The minimum absolute atomic E-state index is 0.0622. The second-order valence-electron chi connectivity index (χ2n) is 6.07. The van der Waals surface area contributed by atoms with E-state index < -0.39 is 12.8 Å². The number of anilines is 1. The van der Waals surface area contributed by atoms with Gasteiger partial charge >= 0.3 is 6.18 Å². The van der Waals surface area contributed by atoms with Crippen molar-refractivity contribution in [2.45, 2.75) is 19.0 Å². The van der Waals surface area contributed by atoms with Crippen LogP contribution in [-0.2, 0) is 11.2 Å². The van der Waals surface area contributed by atoms with E-state index in [1.54, 1.807) is 18.3 Å². The van der Waals surface area contributed by atoms with E-state index in [2.05, 4.69) is 15.0 Å². The Labute approximate surface area is 169 Å². The van der Waals surface area contributed by atoms with E-state index in [4.69, 9.17) is 16.0 Å². The summed E-state index contributed by atoms with van der Waals surface area (Å²) in [6.45, 7) is -1.37. The van der Waals surface area contributed by atoms with Gasteiger partial charge in [-0.15, -0.1) is 0 Å². The highest BCUT2D eigenvalue weighted by Gasteiger charge is 2.28. The average Bonchev–Trinajstić information content (AvgIpc) is 3.14. The number of halogens is 4. The Kier molecular flexibility index (Phi) is 6.43. The summed E-state index contributed by atoms with van der Waals surface area (Å²) < 4.78 is 46.7. The maximum absolute atomic E-state index is 12.1. The van der Waals surface area contributed by atoms with Gasteiger partial charge in [0, 0.05) is 24.1 Å². The van der Waals surface area contributed by atoms with Gasteiger partial charge < -0.3 is 14.5 Å². The molecule has 0 saturated heterocycles. The summed E-state index contributed by atoms with van der Waals surface area (Å²) in [5.41, 5.74) is 1.16. The topological polar surface area (TPSA) is 64.4 Å². The van der Waals surface area contributed by atoms with Crippen LogP contribution in [0.15, 0.2) is 59.1 Å². The number of carbonyl (C=O) groups is 1. The zero-order valence-corrected chi connectivity index (χ0v) is 15.8. The summed E-state index contributed by atoms with van der Waals surface area (Å²) in [7, 11) is 0. The summed E-state index contributed by atoms with van der Waals surface area (Å²) in [6.07, 6.45) is -2.45. The van der Waals surface area contributed by atoms with Crippen molar-refractivity contribution in [3.8, 4) is 17.1 Å². The van der Waals surface area contributed by atoms with E-state index in [9.17, 15) is 18.0 Å². The monoisotopic (exact) mass is 424 g/mol. The van der Waals surface area contributed by atoms with Gasteiger partial charge in [0.2, 0.25) is 5.91 Å². The Morgan fingerprint density at radius 1 is 1.14 bits per heavy atom. The number of oxazole rings is 1. The van der Waals surface area contributed by atoms with Crippen LogP contribution in [0.1, 0.15) is 12.3 Å². The summed E-state index contributed by atoms with van der Waals surface area (Å²) in [4.78, 5) is 16.2. The molecule has 0 spiro atoms. The lowest BCUT2D eigenvalue weighted by Gasteiger charge is -2.10. The minimum Gasteiger partial charge on any atom is -0.484 e. The Bertz CT molecular complexity index is 972. The summed E-state index contributed by atoms with van der Waals surface area (Å²) >= 11 is 6.12. The van der Waals surface area contributed by atoms with Gasteiger partial charge in [-0.1, -0.05) is 23.7 Å². The number of hydrogen-bond acceptors (Lipinski definition) is 4. The highest BCUT2D eigenvalue weighted by molar-refractivity contribution is 6.33. The molecule has 0 aliphatic heterocycles. The molecule has 1 amide bonds. The van der Waals surface area contributed by atoms with Crippen molar-refractivity contribution < 1.29 is 27.1 Å². The van der Waals surface area contributed by atoms with Crippen molar-refractivity contribution >= 4 is 23.2 Å². The number of aromatic nitrogens is 1. The smallest absolute Gasteiger partial charge is 0.422 e. The van der Waals surface area contributed by atoms with Gasteiger partial charge in [0.15, 0.2) is 18.3 Å². The number of benzene rings is 2. The lowest BCUT2D eigenvalue weighted by atomic mass is 10.2. The molecular formula is C20H16ClF3N2O3. The fourth-order valence-corrected chi connectivity index (χ4v) is 2.68. The highest BCUT2D eigenvalue weighted by Crippen LogP contribution is 2.28. The number of aryl methyl sites for hydroxylation is 1. The number of alkyl halides is 3. The molecular weight excluding hydrogens is 409 g/mol. The molecule has 0 unspecified atom stereocenters. The molecule has 0 radical (unpaired) electrons. The number of carbonyl (C=O) groups excluding carboxylic acids is 1. The molecule has 152 valence electrons. The molecule has 2 aromatic carbocycles. The summed E-state index contributed by atoms with van der Waals surface area (Å²) in [5, 5.41) is 3.19. The maximum atomic E-state index is 12.1. The van der Waals surface area contributed by atoms with Gasteiger partial charge in [-0.2, -0.15) is 13.2 Å². The zero-order chi connectivity index (χ0) is 20.9. The zero-order valence-electron chi connectivity index (χ0n) is 15.0. The van der Waals surface area contributed by atoms with Gasteiger partial charge in [-0.25, -0.2) is 4.98 Å².